The number of fused-ring (bicyclic) bond motifs is 1. The van der Waals surface area contributed by atoms with Gasteiger partial charge in [-0.05, 0) is 56.4 Å². The average molecular weight is 365 g/mol. The van der Waals surface area contributed by atoms with Crippen LogP contribution in [0.5, 0.6) is 11.5 Å². The number of carbonyl (C=O) groups excluding carboxylic acids is 1. The van der Waals surface area contributed by atoms with Crippen molar-refractivity contribution in [3.63, 3.8) is 0 Å². The second kappa shape index (κ2) is 7.35. The molecule has 2 aromatic rings. The maximum atomic E-state index is 12.9. The number of rotatable bonds is 4. The molecule has 3 rings (SSSR count). The molecule has 0 fully saturated rings. The van der Waals surface area contributed by atoms with Crippen molar-refractivity contribution in [3.8, 4) is 11.5 Å². The Balaban J connectivity index is 1.95. The van der Waals surface area contributed by atoms with E-state index in [1.807, 2.05) is 0 Å². The standard InChI is InChI=1S/C19H18F3NO3/c1-2-25-18(24)17-15-9-4-3-8-14(15)16(11-23-17)26-13-7-5-6-12(10-13)19(20,21)22/h5-7,10-11H,2-4,8-9H2,1H3. The molecular formula is C19H18F3NO3. The lowest BCUT2D eigenvalue weighted by Gasteiger charge is -2.21. The van der Waals surface area contributed by atoms with E-state index < -0.39 is 17.7 Å². The first-order valence-corrected chi connectivity index (χ1v) is 8.43. The molecule has 1 aromatic heterocycles. The number of esters is 1. The van der Waals surface area contributed by atoms with Gasteiger partial charge < -0.3 is 9.47 Å². The first kappa shape index (κ1) is 18.2. The van der Waals surface area contributed by atoms with Gasteiger partial charge in [0.2, 0.25) is 0 Å². The minimum absolute atomic E-state index is 0.0817. The second-order valence-electron chi connectivity index (χ2n) is 5.98. The number of hydrogen-bond acceptors (Lipinski definition) is 4. The number of ether oxygens (including phenoxy) is 2. The van der Waals surface area contributed by atoms with E-state index in [-0.39, 0.29) is 18.1 Å². The topological polar surface area (TPSA) is 48.4 Å². The van der Waals surface area contributed by atoms with Crippen LogP contribution >= 0.6 is 0 Å². The number of nitrogens with zero attached hydrogens (tertiary/aromatic N) is 1. The predicted octanol–water partition coefficient (Wildman–Crippen LogP) is 4.95. The largest absolute Gasteiger partial charge is 0.461 e. The number of hydrogen-bond donors (Lipinski definition) is 0. The third kappa shape index (κ3) is 3.81. The van der Waals surface area contributed by atoms with Gasteiger partial charge in [0.1, 0.15) is 11.5 Å². The molecule has 1 aliphatic carbocycles. The van der Waals surface area contributed by atoms with Crippen LogP contribution in [0.1, 0.15) is 46.9 Å². The van der Waals surface area contributed by atoms with E-state index in [0.717, 1.165) is 36.1 Å². The van der Waals surface area contributed by atoms with Gasteiger partial charge >= 0.3 is 12.1 Å². The van der Waals surface area contributed by atoms with Crippen LogP contribution < -0.4 is 4.74 Å². The molecule has 7 heteroatoms. The van der Waals surface area contributed by atoms with Gasteiger partial charge in [0.25, 0.3) is 0 Å². The maximum Gasteiger partial charge on any atom is 0.416 e. The Morgan fingerprint density at radius 1 is 1.19 bits per heavy atom. The van der Waals surface area contributed by atoms with E-state index in [9.17, 15) is 18.0 Å². The lowest BCUT2D eigenvalue weighted by Crippen LogP contribution is -2.16. The Hall–Kier alpha value is -2.57. The molecule has 0 unspecified atom stereocenters. The number of halogens is 3. The molecule has 0 saturated carbocycles. The Kier molecular flexibility index (Phi) is 5.15. The molecule has 0 atom stereocenters. The summed E-state index contributed by atoms with van der Waals surface area (Å²) < 4.78 is 49.4. The molecule has 0 saturated heterocycles. The van der Waals surface area contributed by atoms with E-state index in [1.165, 1.54) is 18.3 Å². The highest BCUT2D eigenvalue weighted by Gasteiger charge is 2.31. The fourth-order valence-corrected chi connectivity index (χ4v) is 3.04. The van der Waals surface area contributed by atoms with Crippen LogP contribution in [0.4, 0.5) is 13.2 Å². The summed E-state index contributed by atoms with van der Waals surface area (Å²) in [6.07, 6.45) is 0.114. The van der Waals surface area contributed by atoms with Gasteiger partial charge in [-0.1, -0.05) is 6.07 Å². The van der Waals surface area contributed by atoms with E-state index >= 15 is 0 Å². The molecule has 0 bridgehead atoms. The molecule has 1 heterocycles. The van der Waals surface area contributed by atoms with E-state index in [0.29, 0.717) is 18.6 Å². The van der Waals surface area contributed by atoms with E-state index in [2.05, 4.69) is 4.98 Å². The lowest BCUT2D eigenvalue weighted by atomic mass is 9.90. The van der Waals surface area contributed by atoms with Crippen molar-refractivity contribution in [1.82, 2.24) is 4.98 Å². The maximum absolute atomic E-state index is 12.9. The van der Waals surface area contributed by atoms with Crippen molar-refractivity contribution >= 4 is 5.97 Å². The molecule has 4 nitrogen and oxygen atoms in total. The normalized spacial score (nSPS) is 13.8. The summed E-state index contributed by atoms with van der Waals surface area (Å²) in [5.41, 5.74) is 1.06. The Morgan fingerprint density at radius 2 is 1.92 bits per heavy atom. The summed E-state index contributed by atoms with van der Waals surface area (Å²) in [7, 11) is 0. The molecule has 1 aromatic carbocycles. The van der Waals surface area contributed by atoms with Crippen LogP contribution in [0.3, 0.4) is 0 Å². The van der Waals surface area contributed by atoms with Crippen molar-refractivity contribution < 1.29 is 27.4 Å². The first-order valence-electron chi connectivity index (χ1n) is 8.43. The molecule has 0 N–H and O–H groups in total. The second-order valence-corrected chi connectivity index (χ2v) is 5.98. The highest BCUT2D eigenvalue weighted by molar-refractivity contribution is 5.89. The van der Waals surface area contributed by atoms with Crippen molar-refractivity contribution in [2.75, 3.05) is 6.61 Å². The third-order valence-electron chi connectivity index (χ3n) is 4.22. The number of carbonyl (C=O) groups is 1. The molecule has 0 radical (unpaired) electrons. The zero-order chi connectivity index (χ0) is 18.7. The molecular weight excluding hydrogens is 347 g/mol. The predicted molar refractivity (Wildman–Crippen MR) is 88.4 cm³/mol. The fourth-order valence-electron chi connectivity index (χ4n) is 3.04. The Morgan fingerprint density at radius 3 is 2.62 bits per heavy atom. The molecule has 0 amide bonds. The van der Waals surface area contributed by atoms with Gasteiger partial charge in [0.05, 0.1) is 18.4 Å². The third-order valence-corrected chi connectivity index (χ3v) is 4.22. The zero-order valence-corrected chi connectivity index (χ0v) is 14.2. The van der Waals surface area contributed by atoms with Gasteiger partial charge in [0.15, 0.2) is 5.69 Å². The highest BCUT2D eigenvalue weighted by atomic mass is 19.4. The van der Waals surface area contributed by atoms with Gasteiger partial charge in [-0.3, -0.25) is 0 Å². The van der Waals surface area contributed by atoms with Crippen LogP contribution in [0.15, 0.2) is 30.5 Å². The average Bonchev–Trinajstić information content (AvgIpc) is 2.62. The summed E-state index contributed by atoms with van der Waals surface area (Å²) in [5, 5.41) is 0. The lowest BCUT2D eigenvalue weighted by molar-refractivity contribution is -0.137. The van der Waals surface area contributed by atoms with Gasteiger partial charge in [0, 0.05) is 5.56 Å². The van der Waals surface area contributed by atoms with Gasteiger partial charge in [-0.2, -0.15) is 13.2 Å². The fraction of sp³-hybridized carbons (Fsp3) is 0.368. The smallest absolute Gasteiger partial charge is 0.416 e. The van der Waals surface area contributed by atoms with Crippen molar-refractivity contribution in [2.24, 2.45) is 0 Å². The van der Waals surface area contributed by atoms with Crippen molar-refractivity contribution in [2.45, 2.75) is 38.8 Å². The minimum atomic E-state index is -4.44. The molecule has 1 aliphatic rings. The Labute approximate surface area is 149 Å². The molecule has 0 spiro atoms. The summed E-state index contributed by atoms with van der Waals surface area (Å²) in [6, 6.07) is 4.70. The molecule has 26 heavy (non-hydrogen) atoms. The Bertz CT molecular complexity index is 818. The van der Waals surface area contributed by atoms with Crippen molar-refractivity contribution in [1.29, 1.82) is 0 Å². The summed E-state index contributed by atoms with van der Waals surface area (Å²) in [5.74, 6) is -0.0263. The van der Waals surface area contributed by atoms with E-state index in [1.54, 1.807) is 6.92 Å². The van der Waals surface area contributed by atoms with Crippen LogP contribution in [0, 0.1) is 0 Å². The van der Waals surface area contributed by atoms with Gasteiger partial charge in [-0.15, -0.1) is 0 Å². The monoisotopic (exact) mass is 365 g/mol. The number of aromatic nitrogens is 1. The SMILES string of the molecule is CCOC(=O)c1ncc(Oc2cccc(C(F)(F)F)c2)c2c1CCCC2. The van der Waals surface area contributed by atoms with Crippen molar-refractivity contribution in [3.05, 3.63) is 52.8 Å². The molecule has 0 aliphatic heterocycles. The molecule has 138 valence electrons. The first-order chi connectivity index (χ1) is 12.4. The number of alkyl halides is 3. The zero-order valence-electron chi connectivity index (χ0n) is 14.2. The summed E-state index contributed by atoms with van der Waals surface area (Å²) in [4.78, 5) is 16.2. The van der Waals surface area contributed by atoms with Crippen LogP contribution in [0.2, 0.25) is 0 Å². The van der Waals surface area contributed by atoms with E-state index in [4.69, 9.17) is 9.47 Å². The number of pyridine rings is 1. The van der Waals surface area contributed by atoms with Crippen LogP contribution in [0.25, 0.3) is 0 Å². The summed E-state index contributed by atoms with van der Waals surface area (Å²) >= 11 is 0. The highest BCUT2D eigenvalue weighted by Crippen LogP contribution is 2.36. The van der Waals surface area contributed by atoms with Gasteiger partial charge in [-0.25, -0.2) is 9.78 Å². The quantitative estimate of drug-likeness (QED) is 0.720. The summed E-state index contributed by atoms with van der Waals surface area (Å²) in [6.45, 7) is 1.97. The number of benzene rings is 1. The minimum Gasteiger partial charge on any atom is -0.461 e. The van der Waals surface area contributed by atoms with Crippen LogP contribution in [-0.2, 0) is 23.8 Å². The van der Waals surface area contributed by atoms with Crippen LogP contribution in [-0.4, -0.2) is 17.6 Å².